The van der Waals surface area contributed by atoms with Crippen LogP contribution in [0.15, 0.2) is 72.9 Å². The molecule has 0 saturated carbocycles. The van der Waals surface area contributed by atoms with E-state index in [4.69, 9.17) is 10.5 Å². The van der Waals surface area contributed by atoms with Crippen molar-refractivity contribution >= 4 is 47.3 Å². The van der Waals surface area contributed by atoms with Crippen molar-refractivity contribution in [2.75, 3.05) is 39.3 Å². The lowest BCUT2D eigenvalue weighted by atomic mass is 9.82. The molecule has 20 heteroatoms. The Morgan fingerprint density at radius 3 is 2.19 bits per heavy atom. The van der Waals surface area contributed by atoms with E-state index in [0.29, 0.717) is 30.6 Å². The fourth-order valence-corrected chi connectivity index (χ4v) is 8.39. The molecule has 0 unspecified atom stereocenters. The van der Waals surface area contributed by atoms with Gasteiger partial charge in [0.1, 0.15) is 43.0 Å². The summed E-state index contributed by atoms with van der Waals surface area (Å²) in [5.41, 5.74) is 7.50. The van der Waals surface area contributed by atoms with E-state index in [1.54, 1.807) is 26.1 Å². The van der Waals surface area contributed by atoms with Crippen molar-refractivity contribution in [1.82, 2.24) is 35.2 Å². The van der Waals surface area contributed by atoms with E-state index in [1.807, 2.05) is 55.7 Å². The predicted octanol–water partition coefficient (Wildman–Crippen LogP) is 2.72. The van der Waals surface area contributed by atoms with Gasteiger partial charge in [-0.15, -0.1) is 0 Å². The third kappa shape index (κ3) is 14.4. The van der Waals surface area contributed by atoms with Crippen LogP contribution in [0, 0.1) is 23.0 Å². The van der Waals surface area contributed by atoms with E-state index in [-0.39, 0.29) is 51.1 Å². The van der Waals surface area contributed by atoms with Gasteiger partial charge in [-0.2, -0.15) is 0 Å². The monoisotopic (exact) mass is 974 g/mol. The lowest BCUT2D eigenvalue weighted by molar-refractivity contribution is -0.156. The van der Waals surface area contributed by atoms with E-state index >= 15 is 4.39 Å². The molecule has 4 atom stereocenters. The highest BCUT2D eigenvalue weighted by Crippen LogP contribution is 2.41. The van der Waals surface area contributed by atoms with Crippen molar-refractivity contribution in [2.24, 2.45) is 17.1 Å². The molecular weight excluding hydrogens is 911 g/mol. The third-order valence-corrected chi connectivity index (χ3v) is 12.2. The molecule has 2 aliphatic heterocycles. The molecule has 2 aliphatic rings. The standard InChI is InChI=1S/C50H64F2N8O10/c1-30(2)45(48(68)55-31(3)49(69)70-35-17-21-57(22-18-35)43(65)28-60-41(63)14-15-42(60)64)56-40(62)16-20-54-47(67)38(53)19-23-59(44(66)29-61)46(50(4,5)6)39-24-33(36-25-34(51)12-13-37(36)52)27-58(39)26-32-10-8-7-9-11-32/h7-15,24-25,27,30-31,35,38,45-46,61H,16-23,26,28-29,53H2,1-6H3,(H,54,67)(H,55,68)(H,56,62)/t31-,38-,45-,46-/m0/s1. The third-order valence-electron chi connectivity index (χ3n) is 12.2. The molecule has 1 saturated heterocycles. The number of nitrogens with two attached hydrogens (primary N) is 1. The van der Waals surface area contributed by atoms with Crippen molar-refractivity contribution in [2.45, 2.75) is 104 Å². The fraction of sp³-hybridized carbons (Fsp3) is 0.480. The number of aliphatic hydroxyl groups is 1. The van der Waals surface area contributed by atoms with Crippen LogP contribution in [0.2, 0.25) is 0 Å². The molecule has 0 spiro atoms. The van der Waals surface area contributed by atoms with Gasteiger partial charge >= 0.3 is 5.97 Å². The average Bonchev–Trinajstić information content (AvgIpc) is 3.86. The highest BCUT2D eigenvalue weighted by molar-refractivity contribution is 6.14. The number of ether oxygens (including phenoxy) is 1. The molecular formula is C50H64F2N8O10. The van der Waals surface area contributed by atoms with Crippen LogP contribution >= 0.6 is 0 Å². The number of likely N-dealkylation sites (tertiary alicyclic amines) is 1. The summed E-state index contributed by atoms with van der Waals surface area (Å²) in [6.45, 7) is 9.83. The second-order valence-corrected chi connectivity index (χ2v) is 19.0. The van der Waals surface area contributed by atoms with E-state index in [9.17, 15) is 47.9 Å². The summed E-state index contributed by atoms with van der Waals surface area (Å²) in [6.07, 6.45) is 3.67. The molecule has 0 bridgehead atoms. The number of piperidine rings is 1. The molecule has 5 rings (SSSR count). The van der Waals surface area contributed by atoms with E-state index < -0.39 is 107 Å². The number of halogens is 2. The molecule has 18 nitrogen and oxygen atoms in total. The number of carbonyl (C=O) groups is 8. The summed E-state index contributed by atoms with van der Waals surface area (Å²) in [6, 6.07) is 10.2. The minimum absolute atomic E-state index is 0.0276. The second-order valence-electron chi connectivity index (χ2n) is 19.0. The Bertz CT molecular complexity index is 2410. The minimum Gasteiger partial charge on any atom is -0.461 e. The molecule has 6 N–H and O–H groups in total. The van der Waals surface area contributed by atoms with Crippen LogP contribution in [0.5, 0.6) is 0 Å². The molecule has 0 aliphatic carbocycles. The number of nitrogens with zero attached hydrogens (tertiary/aromatic N) is 4. The molecule has 3 heterocycles. The van der Waals surface area contributed by atoms with Gasteiger partial charge in [-0.1, -0.05) is 65.0 Å². The number of rotatable bonds is 21. The summed E-state index contributed by atoms with van der Waals surface area (Å²) in [5, 5.41) is 18.0. The van der Waals surface area contributed by atoms with Crippen molar-refractivity contribution in [1.29, 1.82) is 0 Å². The first kappa shape index (κ1) is 54.1. The largest absolute Gasteiger partial charge is 0.461 e. The lowest BCUT2D eigenvalue weighted by Gasteiger charge is -2.41. The van der Waals surface area contributed by atoms with Crippen LogP contribution in [-0.2, 0) is 49.6 Å². The highest BCUT2D eigenvalue weighted by Gasteiger charge is 2.38. The van der Waals surface area contributed by atoms with Gasteiger partial charge in [0, 0.05) is 87.2 Å². The number of aliphatic hydroxyl groups excluding tert-OH is 1. The van der Waals surface area contributed by atoms with Crippen LogP contribution in [0.3, 0.4) is 0 Å². The second kappa shape index (κ2) is 24.2. The first-order valence-electron chi connectivity index (χ1n) is 23.3. The van der Waals surface area contributed by atoms with E-state index in [1.165, 1.54) is 16.7 Å². The first-order valence-corrected chi connectivity index (χ1v) is 23.3. The molecule has 3 aromatic rings. The normalized spacial score (nSPS) is 15.9. The predicted molar refractivity (Wildman–Crippen MR) is 252 cm³/mol. The van der Waals surface area contributed by atoms with Gasteiger partial charge in [0.2, 0.25) is 29.5 Å². The van der Waals surface area contributed by atoms with Crippen molar-refractivity contribution in [3.8, 4) is 11.1 Å². The molecule has 0 radical (unpaired) electrons. The van der Waals surface area contributed by atoms with Crippen molar-refractivity contribution < 1.29 is 57.0 Å². The quantitative estimate of drug-likeness (QED) is 0.0768. The molecule has 378 valence electrons. The van der Waals surface area contributed by atoms with Gasteiger partial charge in [0.05, 0.1) is 12.1 Å². The Hall–Kier alpha value is -6.80. The smallest absolute Gasteiger partial charge is 0.328 e. The highest BCUT2D eigenvalue weighted by atomic mass is 19.1. The minimum atomic E-state index is -1.16. The van der Waals surface area contributed by atoms with Crippen LogP contribution in [0.1, 0.15) is 84.5 Å². The molecule has 1 aromatic heterocycles. The summed E-state index contributed by atoms with van der Waals surface area (Å²) >= 11 is 0. The maximum Gasteiger partial charge on any atom is 0.328 e. The van der Waals surface area contributed by atoms with Gasteiger partial charge in [-0.3, -0.25) is 38.5 Å². The number of aromatic nitrogens is 1. The van der Waals surface area contributed by atoms with Crippen LogP contribution in [0.4, 0.5) is 8.78 Å². The topological polar surface area (TPSA) is 243 Å². The zero-order valence-corrected chi connectivity index (χ0v) is 40.4. The summed E-state index contributed by atoms with van der Waals surface area (Å²) in [7, 11) is 0. The number of imide groups is 1. The van der Waals surface area contributed by atoms with Gasteiger partial charge in [-0.05, 0) is 54.5 Å². The molecule has 7 amide bonds. The number of benzene rings is 2. The van der Waals surface area contributed by atoms with Crippen LogP contribution in [-0.4, -0.2) is 135 Å². The number of nitrogens with one attached hydrogen (secondary N) is 3. The number of hydrogen-bond acceptors (Lipinski definition) is 11. The zero-order valence-electron chi connectivity index (χ0n) is 40.4. The molecule has 70 heavy (non-hydrogen) atoms. The van der Waals surface area contributed by atoms with Gasteiger partial charge in [0.25, 0.3) is 11.8 Å². The van der Waals surface area contributed by atoms with Crippen LogP contribution < -0.4 is 21.7 Å². The Kier molecular flexibility index (Phi) is 18.7. The summed E-state index contributed by atoms with van der Waals surface area (Å²) in [4.78, 5) is 106. The van der Waals surface area contributed by atoms with Gasteiger partial charge < -0.3 is 45.9 Å². The van der Waals surface area contributed by atoms with Gasteiger partial charge in [0.15, 0.2) is 0 Å². The number of amides is 7. The maximum atomic E-state index is 15.1. The van der Waals surface area contributed by atoms with Crippen LogP contribution in [0.25, 0.3) is 11.1 Å². The Morgan fingerprint density at radius 2 is 1.57 bits per heavy atom. The number of hydrogen-bond donors (Lipinski definition) is 5. The number of carbonyl (C=O) groups excluding carboxylic acids is 8. The van der Waals surface area contributed by atoms with Gasteiger partial charge in [-0.25, -0.2) is 13.6 Å². The van der Waals surface area contributed by atoms with Crippen molar-refractivity contribution in [3.63, 3.8) is 0 Å². The number of esters is 1. The van der Waals surface area contributed by atoms with Crippen molar-refractivity contribution in [3.05, 3.63) is 95.8 Å². The lowest BCUT2D eigenvalue weighted by Crippen LogP contribution is -2.54. The summed E-state index contributed by atoms with van der Waals surface area (Å²) in [5.74, 6) is -6.39. The van der Waals surface area contributed by atoms with E-state index in [0.717, 1.165) is 40.8 Å². The maximum absolute atomic E-state index is 15.1. The zero-order chi connectivity index (χ0) is 51.4. The SMILES string of the molecule is CC(C)[C@H](NC(=O)CCNC(=O)[C@@H](N)CCN(C(=O)CO)[C@@H](c1cc(-c2cc(F)ccc2F)cn1Cc1ccccc1)C(C)(C)C)C(=O)N[C@@H](C)C(=O)OC1CCN(C(=O)CN2C(=O)C=CC2=O)CC1. The molecule has 1 fully saturated rings. The fourth-order valence-electron chi connectivity index (χ4n) is 8.39. The Labute approximate surface area is 405 Å². The average molecular weight is 975 g/mol. The van der Waals surface area contributed by atoms with E-state index in [2.05, 4.69) is 16.0 Å². The molecule has 2 aromatic carbocycles. The first-order chi connectivity index (χ1) is 33.1. The Morgan fingerprint density at radius 1 is 0.914 bits per heavy atom. The Balaban J connectivity index is 1.13. The summed E-state index contributed by atoms with van der Waals surface area (Å²) < 4.78 is 37.0.